The fourth-order valence-corrected chi connectivity index (χ4v) is 3.30. The molecule has 0 saturated heterocycles. The highest BCUT2D eigenvalue weighted by Gasteiger charge is 2.23. The topological polar surface area (TPSA) is 156 Å². The van der Waals surface area contributed by atoms with Gasteiger partial charge in [0.2, 0.25) is 5.69 Å². The SMILES string of the molecule is NS(=O)(=O)N1C=C(COc2nonc2C(=Nc2ccc(F)c(Br)c2)NO)CC1. The summed E-state index contributed by atoms with van der Waals surface area (Å²) < 4.78 is 47.3. The van der Waals surface area contributed by atoms with Gasteiger partial charge in [0.25, 0.3) is 16.1 Å². The van der Waals surface area contributed by atoms with E-state index in [-0.39, 0.29) is 35.0 Å². The van der Waals surface area contributed by atoms with E-state index >= 15 is 0 Å². The lowest BCUT2D eigenvalue weighted by Gasteiger charge is -2.09. The molecule has 0 unspecified atom stereocenters. The lowest BCUT2D eigenvalue weighted by Crippen LogP contribution is -2.30. The van der Waals surface area contributed by atoms with Crippen LogP contribution in [0.1, 0.15) is 12.1 Å². The molecule has 0 amide bonds. The average Bonchev–Trinajstić information content (AvgIpc) is 3.29. The number of nitrogens with zero attached hydrogens (tertiary/aromatic N) is 4. The predicted octanol–water partition coefficient (Wildman–Crippen LogP) is 1.20. The number of nitrogens with two attached hydrogens (primary N) is 1. The Bertz CT molecular complexity index is 1040. The van der Waals surface area contributed by atoms with Gasteiger partial charge in [-0.25, -0.2) is 19.2 Å². The van der Waals surface area contributed by atoms with Gasteiger partial charge in [-0.15, -0.1) is 0 Å². The molecule has 0 atom stereocenters. The van der Waals surface area contributed by atoms with Crippen LogP contribution in [-0.4, -0.2) is 47.2 Å². The van der Waals surface area contributed by atoms with Crippen molar-refractivity contribution in [3.63, 3.8) is 0 Å². The van der Waals surface area contributed by atoms with Crippen LogP contribution < -0.4 is 15.4 Å². The molecular weight excluding hydrogens is 463 g/mol. The molecule has 4 N–H and O–H groups in total. The van der Waals surface area contributed by atoms with Crippen molar-refractivity contribution in [2.75, 3.05) is 13.2 Å². The van der Waals surface area contributed by atoms with Crippen LogP contribution in [-0.2, 0) is 10.2 Å². The summed E-state index contributed by atoms with van der Waals surface area (Å²) in [5.41, 5.74) is 2.79. The molecule has 1 aliphatic rings. The van der Waals surface area contributed by atoms with Crippen LogP contribution in [0.25, 0.3) is 0 Å². The Labute approximate surface area is 166 Å². The first-order valence-electron chi connectivity index (χ1n) is 7.66. The second kappa shape index (κ2) is 8.22. The molecule has 11 nitrogen and oxygen atoms in total. The average molecular weight is 477 g/mol. The van der Waals surface area contributed by atoms with E-state index in [0.717, 1.165) is 4.31 Å². The van der Waals surface area contributed by atoms with E-state index in [1.807, 2.05) is 5.48 Å². The summed E-state index contributed by atoms with van der Waals surface area (Å²) in [6.07, 6.45) is 1.80. The number of halogens is 2. The fourth-order valence-electron chi connectivity index (χ4n) is 2.29. The number of rotatable bonds is 6. The molecule has 0 spiro atoms. The summed E-state index contributed by atoms with van der Waals surface area (Å²) in [5.74, 6) is -0.708. The molecule has 0 radical (unpaired) electrons. The zero-order valence-corrected chi connectivity index (χ0v) is 16.4. The Morgan fingerprint density at radius 3 is 2.93 bits per heavy atom. The molecule has 0 aliphatic carbocycles. The van der Waals surface area contributed by atoms with Gasteiger partial charge in [0.1, 0.15) is 12.4 Å². The van der Waals surface area contributed by atoms with Crippen LogP contribution >= 0.6 is 15.9 Å². The Morgan fingerprint density at radius 1 is 1.50 bits per heavy atom. The number of amidine groups is 1. The molecule has 3 rings (SSSR count). The summed E-state index contributed by atoms with van der Waals surface area (Å²) in [7, 11) is -3.81. The number of aliphatic imine (C=N–C) groups is 1. The van der Waals surface area contributed by atoms with Gasteiger partial charge in [-0.1, -0.05) is 0 Å². The van der Waals surface area contributed by atoms with Crippen molar-refractivity contribution in [3.8, 4) is 5.88 Å². The zero-order valence-electron chi connectivity index (χ0n) is 14.0. The van der Waals surface area contributed by atoms with Gasteiger partial charge in [0, 0.05) is 12.7 Å². The largest absolute Gasteiger partial charge is 0.469 e. The van der Waals surface area contributed by atoms with E-state index in [1.165, 1.54) is 24.4 Å². The predicted molar refractivity (Wildman–Crippen MR) is 97.5 cm³/mol. The Morgan fingerprint density at radius 2 is 2.29 bits per heavy atom. The van der Waals surface area contributed by atoms with Crippen molar-refractivity contribution in [2.45, 2.75) is 6.42 Å². The number of hydrogen-bond donors (Lipinski definition) is 3. The number of nitrogens with one attached hydrogen (secondary N) is 1. The molecule has 1 aliphatic heterocycles. The second-order valence-corrected chi connectivity index (χ2v) is 7.92. The smallest absolute Gasteiger partial charge is 0.298 e. The minimum atomic E-state index is -3.81. The van der Waals surface area contributed by atoms with E-state index in [1.54, 1.807) is 0 Å². The molecule has 1 aromatic carbocycles. The van der Waals surface area contributed by atoms with E-state index in [4.69, 9.17) is 9.88 Å². The number of ether oxygens (including phenoxy) is 1. The normalized spacial score (nSPS) is 14.9. The van der Waals surface area contributed by atoms with Gasteiger partial charge >= 0.3 is 0 Å². The molecule has 2 aromatic rings. The van der Waals surface area contributed by atoms with Crippen molar-refractivity contribution >= 4 is 37.7 Å². The monoisotopic (exact) mass is 476 g/mol. The van der Waals surface area contributed by atoms with Gasteiger partial charge in [-0.2, -0.15) is 8.42 Å². The maximum atomic E-state index is 13.3. The molecule has 2 heterocycles. The molecule has 150 valence electrons. The standard InChI is InChI=1S/C14H14BrFN6O5S/c15-10-5-9(1-2-11(10)16)18-13(19-23)12-14(21-27-20-12)26-7-8-3-4-22(6-8)28(17,24)25/h1-2,5-6,23H,3-4,7H2,(H,18,19)(H2,17,24,25). The highest BCUT2D eigenvalue weighted by molar-refractivity contribution is 9.10. The Balaban J connectivity index is 1.77. The third-order valence-corrected chi connectivity index (χ3v) is 5.18. The summed E-state index contributed by atoms with van der Waals surface area (Å²) >= 11 is 3.04. The number of hydrogen-bond acceptors (Lipinski definition) is 8. The minimum Gasteiger partial charge on any atom is -0.469 e. The second-order valence-electron chi connectivity index (χ2n) is 5.57. The van der Waals surface area contributed by atoms with Gasteiger partial charge in [-0.3, -0.25) is 15.0 Å². The third-order valence-electron chi connectivity index (χ3n) is 3.63. The van der Waals surface area contributed by atoms with E-state index in [0.29, 0.717) is 17.7 Å². The molecule has 0 fully saturated rings. The maximum absolute atomic E-state index is 13.3. The molecule has 0 bridgehead atoms. The van der Waals surface area contributed by atoms with E-state index < -0.39 is 16.0 Å². The van der Waals surface area contributed by atoms with Gasteiger partial charge in [-0.05, 0) is 56.4 Å². The van der Waals surface area contributed by atoms with Gasteiger partial charge in [0.05, 0.1) is 10.2 Å². The summed E-state index contributed by atoms with van der Waals surface area (Å²) in [6.45, 7) is 0.208. The van der Waals surface area contributed by atoms with Crippen molar-refractivity contribution in [3.05, 3.63) is 46.0 Å². The first-order chi connectivity index (χ1) is 13.3. The lowest BCUT2D eigenvalue weighted by molar-refractivity contribution is 0.233. The zero-order chi connectivity index (χ0) is 20.3. The van der Waals surface area contributed by atoms with Crippen LogP contribution in [0.5, 0.6) is 5.88 Å². The Hall–Kier alpha value is -2.55. The molecule has 0 saturated carbocycles. The molecule has 1 aromatic heterocycles. The van der Waals surface area contributed by atoms with Gasteiger partial charge in [0.15, 0.2) is 5.84 Å². The summed E-state index contributed by atoms with van der Waals surface area (Å²) in [4.78, 5) is 4.10. The van der Waals surface area contributed by atoms with Crippen LogP contribution in [0, 0.1) is 5.82 Å². The molecule has 14 heteroatoms. The highest BCUT2D eigenvalue weighted by Crippen LogP contribution is 2.24. The molecule has 28 heavy (non-hydrogen) atoms. The van der Waals surface area contributed by atoms with E-state index in [9.17, 15) is 18.0 Å². The number of aromatic nitrogens is 2. The first kappa shape index (κ1) is 20.2. The van der Waals surface area contributed by atoms with Crippen molar-refractivity contribution in [1.29, 1.82) is 0 Å². The van der Waals surface area contributed by atoms with E-state index in [2.05, 4.69) is 35.9 Å². The third kappa shape index (κ3) is 4.64. The first-order valence-corrected chi connectivity index (χ1v) is 9.96. The van der Waals surface area contributed by atoms with Gasteiger partial charge < -0.3 is 4.74 Å². The van der Waals surface area contributed by atoms with Crippen LogP contribution in [0.3, 0.4) is 0 Å². The fraction of sp³-hybridized carbons (Fsp3) is 0.214. The highest BCUT2D eigenvalue weighted by atomic mass is 79.9. The summed E-state index contributed by atoms with van der Waals surface area (Å²) in [5, 5.41) is 21.7. The minimum absolute atomic E-state index is 0.00591. The lowest BCUT2D eigenvalue weighted by atomic mass is 10.2. The Kier molecular flexibility index (Phi) is 5.93. The maximum Gasteiger partial charge on any atom is 0.298 e. The van der Waals surface area contributed by atoms with Crippen LogP contribution in [0.15, 0.2) is 44.1 Å². The number of benzene rings is 1. The van der Waals surface area contributed by atoms with Crippen molar-refractivity contribution in [2.24, 2.45) is 10.1 Å². The summed E-state index contributed by atoms with van der Waals surface area (Å²) in [6, 6.07) is 3.97. The quantitative estimate of drug-likeness (QED) is 0.318. The van der Waals surface area contributed by atoms with Crippen molar-refractivity contribution < 1.29 is 27.4 Å². The number of hydroxylamine groups is 1. The molecular formula is C14H14BrFN6O5S. The van der Waals surface area contributed by atoms with Crippen LogP contribution in [0.4, 0.5) is 10.1 Å². The van der Waals surface area contributed by atoms with Crippen molar-refractivity contribution in [1.82, 2.24) is 20.1 Å². The van der Waals surface area contributed by atoms with Crippen LogP contribution in [0.2, 0.25) is 0 Å².